The molecule has 0 aromatic carbocycles. The van der Waals surface area contributed by atoms with Crippen LogP contribution >= 0.6 is 11.8 Å². The number of hydrogen-bond donors (Lipinski definition) is 1. The zero-order chi connectivity index (χ0) is 8.27. The molecule has 3 heteroatoms. The van der Waals surface area contributed by atoms with E-state index in [1.807, 2.05) is 11.8 Å². The summed E-state index contributed by atoms with van der Waals surface area (Å²) >= 11 is 1.82. The second-order valence-electron chi connectivity index (χ2n) is 2.93. The van der Waals surface area contributed by atoms with Gasteiger partial charge in [-0.25, -0.2) is 0 Å². The molecule has 1 aliphatic rings. The van der Waals surface area contributed by atoms with E-state index in [0.29, 0.717) is 5.25 Å². The number of rotatable bonds is 4. The Morgan fingerprint density at radius 3 is 2.73 bits per heavy atom. The van der Waals surface area contributed by atoms with Gasteiger partial charge in [0.1, 0.15) is 0 Å². The maximum atomic E-state index is 10.5. The van der Waals surface area contributed by atoms with Gasteiger partial charge < -0.3 is 5.11 Å². The van der Waals surface area contributed by atoms with E-state index in [1.165, 1.54) is 0 Å². The van der Waals surface area contributed by atoms with Crippen LogP contribution in [0.4, 0.5) is 0 Å². The Kier molecular flexibility index (Phi) is 3.24. The highest BCUT2D eigenvalue weighted by Crippen LogP contribution is 2.37. The highest BCUT2D eigenvalue weighted by atomic mass is 32.2. The molecule has 0 amide bonds. The van der Waals surface area contributed by atoms with Crippen LogP contribution in [0.3, 0.4) is 0 Å². The predicted octanol–water partition coefficient (Wildman–Crippen LogP) is 1.99. The lowest BCUT2D eigenvalue weighted by Crippen LogP contribution is -2.35. The molecule has 1 aliphatic carbocycles. The van der Waals surface area contributed by atoms with Crippen molar-refractivity contribution in [1.29, 1.82) is 0 Å². The number of carboxylic acids is 1. The van der Waals surface area contributed by atoms with Crippen molar-refractivity contribution in [2.24, 2.45) is 5.92 Å². The molecule has 0 saturated heterocycles. The topological polar surface area (TPSA) is 37.3 Å². The van der Waals surface area contributed by atoms with Gasteiger partial charge in [0.15, 0.2) is 0 Å². The first-order valence-electron chi connectivity index (χ1n) is 4.10. The van der Waals surface area contributed by atoms with Crippen molar-refractivity contribution in [2.75, 3.05) is 5.75 Å². The Morgan fingerprint density at radius 2 is 2.36 bits per heavy atom. The minimum atomic E-state index is -0.607. The monoisotopic (exact) mass is 174 g/mol. The Morgan fingerprint density at radius 1 is 1.64 bits per heavy atom. The summed E-state index contributed by atoms with van der Waals surface area (Å²) in [6.45, 7) is 2.13. The molecule has 1 fully saturated rings. The summed E-state index contributed by atoms with van der Waals surface area (Å²) in [5.41, 5.74) is 0. The highest BCUT2D eigenvalue weighted by Gasteiger charge is 2.36. The molecule has 2 atom stereocenters. The summed E-state index contributed by atoms with van der Waals surface area (Å²) in [5.74, 6) is 0.449. The van der Waals surface area contributed by atoms with Crippen molar-refractivity contribution in [3.63, 3.8) is 0 Å². The normalized spacial score (nSPS) is 29.5. The lowest BCUT2D eigenvalue weighted by atomic mass is 9.85. The van der Waals surface area contributed by atoms with Crippen molar-refractivity contribution in [3.8, 4) is 0 Å². The van der Waals surface area contributed by atoms with Crippen LogP contribution in [0.2, 0.25) is 0 Å². The highest BCUT2D eigenvalue weighted by molar-refractivity contribution is 8.00. The minimum absolute atomic E-state index is 0.0495. The second kappa shape index (κ2) is 4.00. The van der Waals surface area contributed by atoms with Crippen LogP contribution in [0, 0.1) is 5.92 Å². The molecule has 1 saturated carbocycles. The lowest BCUT2D eigenvalue weighted by Gasteiger charge is -2.32. The van der Waals surface area contributed by atoms with Gasteiger partial charge in [0.25, 0.3) is 0 Å². The largest absolute Gasteiger partial charge is 0.481 e. The van der Waals surface area contributed by atoms with E-state index in [1.54, 1.807) is 0 Å². The average Bonchev–Trinajstić information content (AvgIpc) is 1.84. The third-order valence-corrected chi connectivity index (χ3v) is 3.70. The van der Waals surface area contributed by atoms with Gasteiger partial charge in [0.2, 0.25) is 0 Å². The molecule has 11 heavy (non-hydrogen) atoms. The molecule has 0 bridgehead atoms. The summed E-state index contributed by atoms with van der Waals surface area (Å²) in [5, 5.41) is 9.10. The van der Waals surface area contributed by atoms with Crippen LogP contribution in [0.25, 0.3) is 0 Å². The van der Waals surface area contributed by atoms with Gasteiger partial charge in [0.05, 0.1) is 5.92 Å². The molecule has 1 rings (SSSR count). The van der Waals surface area contributed by atoms with Crippen LogP contribution in [0.5, 0.6) is 0 Å². The molecule has 0 aromatic rings. The standard InChI is InChI=1S/C8H14O2S/c1-2-5-11-7-4-3-6(7)8(9)10/h6-7H,2-5H2,1H3,(H,9,10). The molecule has 1 N–H and O–H groups in total. The van der Waals surface area contributed by atoms with E-state index >= 15 is 0 Å². The summed E-state index contributed by atoms with van der Waals surface area (Å²) in [6.07, 6.45) is 3.13. The molecule has 0 aromatic heterocycles. The third kappa shape index (κ3) is 2.12. The molecule has 0 aliphatic heterocycles. The lowest BCUT2D eigenvalue weighted by molar-refractivity contribution is -0.144. The Hall–Kier alpha value is -0.180. The summed E-state index contributed by atoms with van der Waals surface area (Å²) in [4.78, 5) is 10.5. The van der Waals surface area contributed by atoms with Crippen molar-refractivity contribution >= 4 is 17.7 Å². The van der Waals surface area contributed by atoms with Gasteiger partial charge in [-0.05, 0) is 25.0 Å². The number of aliphatic carboxylic acids is 1. The Bertz CT molecular complexity index is 147. The van der Waals surface area contributed by atoms with Gasteiger partial charge in [0, 0.05) is 5.25 Å². The van der Waals surface area contributed by atoms with Crippen LogP contribution in [0.15, 0.2) is 0 Å². The van der Waals surface area contributed by atoms with E-state index in [-0.39, 0.29) is 5.92 Å². The summed E-state index contributed by atoms with van der Waals surface area (Å²) < 4.78 is 0. The molecule has 2 nitrogen and oxygen atoms in total. The maximum absolute atomic E-state index is 10.5. The zero-order valence-corrected chi connectivity index (χ0v) is 7.56. The molecule has 0 radical (unpaired) electrons. The van der Waals surface area contributed by atoms with Gasteiger partial charge in [-0.1, -0.05) is 6.92 Å². The van der Waals surface area contributed by atoms with Gasteiger partial charge in [-0.3, -0.25) is 4.79 Å². The zero-order valence-electron chi connectivity index (χ0n) is 6.75. The van der Waals surface area contributed by atoms with Gasteiger partial charge in [-0.15, -0.1) is 0 Å². The summed E-state index contributed by atoms with van der Waals surface area (Å²) in [7, 11) is 0. The fourth-order valence-electron chi connectivity index (χ4n) is 1.22. The average molecular weight is 174 g/mol. The first-order valence-corrected chi connectivity index (χ1v) is 5.15. The number of thioether (sulfide) groups is 1. The van der Waals surface area contributed by atoms with E-state index in [4.69, 9.17) is 5.11 Å². The van der Waals surface area contributed by atoms with Crippen LogP contribution in [0.1, 0.15) is 26.2 Å². The van der Waals surface area contributed by atoms with Crippen molar-refractivity contribution in [2.45, 2.75) is 31.4 Å². The van der Waals surface area contributed by atoms with Crippen molar-refractivity contribution < 1.29 is 9.90 Å². The van der Waals surface area contributed by atoms with Crippen molar-refractivity contribution in [1.82, 2.24) is 0 Å². The molecule has 64 valence electrons. The molecular weight excluding hydrogens is 160 g/mol. The third-order valence-electron chi connectivity index (χ3n) is 2.06. The summed E-state index contributed by atoms with van der Waals surface area (Å²) in [6, 6.07) is 0. The number of carbonyl (C=O) groups is 1. The maximum Gasteiger partial charge on any atom is 0.307 e. The van der Waals surface area contributed by atoms with E-state index in [2.05, 4.69) is 6.92 Å². The van der Waals surface area contributed by atoms with Gasteiger partial charge in [-0.2, -0.15) is 11.8 Å². The minimum Gasteiger partial charge on any atom is -0.481 e. The van der Waals surface area contributed by atoms with Gasteiger partial charge >= 0.3 is 5.97 Å². The van der Waals surface area contributed by atoms with E-state index in [9.17, 15) is 4.79 Å². The number of hydrogen-bond acceptors (Lipinski definition) is 2. The molecular formula is C8H14O2S. The fraction of sp³-hybridized carbons (Fsp3) is 0.875. The first-order chi connectivity index (χ1) is 5.25. The number of carboxylic acid groups (broad SMARTS) is 1. The second-order valence-corrected chi connectivity index (χ2v) is 4.28. The predicted molar refractivity (Wildman–Crippen MR) is 46.9 cm³/mol. The van der Waals surface area contributed by atoms with E-state index in [0.717, 1.165) is 25.0 Å². The molecule has 0 heterocycles. The first kappa shape index (κ1) is 8.91. The van der Waals surface area contributed by atoms with E-state index < -0.39 is 5.97 Å². The fourth-order valence-corrected chi connectivity index (χ4v) is 2.55. The molecule has 0 spiro atoms. The Balaban J connectivity index is 2.20. The van der Waals surface area contributed by atoms with Crippen LogP contribution < -0.4 is 0 Å². The van der Waals surface area contributed by atoms with Crippen LogP contribution in [-0.2, 0) is 4.79 Å². The SMILES string of the molecule is CCCSC1CCC1C(=O)O. The smallest absolute Gasteiger partial charge is 0.307 e. The van der Waals surface area contributed by atoms with Crippen molar-refractivity contribution in [3.05, 3.63) is 0 Å². The van der Waals surface area contributed by atoms with Crippen LogP contribution in [-0.4, -0.2) is 22.1 Å². The Labute approximate surface area is 71.4 Å². The quantitative estimate of drug-likeness (QED) is 0.708. The molecule has 2 unspecified atom stereocenters.